The van der Waals surface area contributed by atoms with Crippen LogP contribution < -0.4 is 0 Å². The van der Waals surface area contributed by atoms with Crippen LogP contribution in [-0.4, -0.2) is 63.3 Å². The van der Waals surface area contributed by atoms with E-state index in [-0.39, 0.29) is 18.0 Å². The van der Waals surface area contributed by atoms with Crippen molar-refractivity contribution in [3.8, 4) is 0 Å². The molecule has 2 amide bonds. The quantitative estimate of drug-likeness (QED) is 0.756. The molecule has 0 spiro atoms. The zero-order valence-corrected chi connectivity index (χ0v) is 12.2. The molecular formula is C14H24N2O4. The first kappa shape index (κ1) is 15.1. The van der Waals surface area contributed by atoms with Gasteiger partial charge in [0, 0.05) is 25.7 Å². The third-order valence-corrected chi connectivity index (χ3v) is 4.58. The van der Waals surface area contributed by atoms with Crippen molar-refractivity contribution >= 4 is 12.0 Å². The van der Waals surface area contributed by atoms with Crippen molar-refractivity contribution in [1.82, 2.24) is 9.80 Å². The molecule has 2 aliphatic rings. The lowest BCUT2D eigenvalue weighted by atomic mass is 9.91. The summed E-state index contributed by atoms with van der Waals surface area (Å²) in [5.41, 5.74) is -0.668. The molecule has 2 unspecified atom stereocenters. The standard InChI is InChI=1S/C14H24N2O4/c1-10-9-11(12(17)18)3-6-16(10)13(19)15-7-4-14(2,20)5-8-15/h10-11,20H,3-9H2,1-2H3,(H,17,18). The van der Waals surface area contributed by atoms with Gasteiger partial charge >= 0.3 is 12.0 Å². The van der Waals surface area contributed by atoms with E-state index in [1.165, 1.54) is 0 Å². The number of aliphatic hydroxyl groups is 1. The highest BCUT2D eigenvalue weighted by Gasteiger charge is 2.36. The normalized spacial score (nSPS) is 30.1. The number of hydrogen-bond acceptors (Lipinski definition) is 3. The van der Waals surface area contributed by atoms with Crippen LogP contribution in [0.15, 0.2) is 0 Å². The Hall–Kier alpha value is -1.30. The first-order chi connectivity index (χ1) is 9.30. The highest BCUT2D eigenvalue weighted by Crippen LogP contribution is 2.26. The number of carboxylic acid groups (broad SMARTS) is 1. The highest BCUT2D eigenvalue weighted by molar-refractivity contribution is 5.76. The molecule has 0 saturated carbocycles. The minimum absolute atomic E-state index is 0.0168. The molecule has 2 atom stereocenters. The fourth-order valence-corrected chi connectivity index (χ4v) is 3.04. The number of carbonyl (C=O) groups excluding carboxylic acids is 1. The minimum atomic E-state index is -0.766. The van der Waals surface area contributed by atoms with E-state index in [4.69, 9.17) is 5.11 Å². The van der Waals surface area contributed by atoms with Gasteiger partial charge in [-0.05, 0) is 39.5 Å². The minimum Gasteiger partial charge on any atom is -0.481 e. The predicted molar refractivity (Wildman–Crippen MR) is 73.4 cm³/mol. The van der Waals surface area contributed by atoms with Crippen LogP contribution in [0.2, 0.25) is 0 Å². The summed E-state index contributed by atoms with van der Waals surface area (Å²) in [6.07, 6.45) is 2.24. The number of urea groups is 1. The number of amides is 2. The summed E-state index contributed by atoms with van der Waals surface area (Å²) in [5.74, 6) is -1.10. The van der Waals surface area contributed by atoms with E-state index in [0.29, 0.717) is 45.3 Å². The third kappa shape index (κ3) is 3.23. The van der Waals surface area contributed by atoms with E-state index in [1.807, 2.05) is 6.92 Å². The Bertz CT molecular complexity index is 387. The van der Waals surface area contributed by atoms with E-state index in [0.717, 1.165) is 0 Å². The molecule has 2 heterocycles. The Morgan fingerprint density at radius 1 is 1.20 bits per heavy atom. The molecule has 0 radical (unpaired) electrons. The lowest BCUT2D eigenvalue weighted by molar-refractivity contribution is -0.143. The van der Waals surface area contributed by atoms with E-state index in [2.05, 4.69) is 0 Å². The van der Waals surface area contributed by atoms with Gasteiger partial charge in [-0.15, -0.1) is 0 Å². The highest BCUT2D eigenvalue weighted by atomic mass is 16.4. The van der Waals surface area contributed by atoms with Crippen molar-refractivity contribution in [3.63, 3.8) is 0 Å². The van der Waals surface area contributed by atoms with Gasteiger partial charge in [0.15, 0.2) is 0 Å². The molecule has 2 rings (SSSR count). The summed E-state index contributed by atoms with van der Waals surface area (Å²) in [5, 5.41) is 19.0. The summed E-state index contributed by atoms with van der Waals surface area (Å²) in [6, 6.07) is -0.0587. The smallest absolute Gasteiger partial charge is 0.320 e. The molecule has 0 aromatic heterocycles. The maximum atomic E-state index is 12.5. The molecule has 20 heavy (non-hydrogen) atoms. The van der Waals surface area contributed by atoms with E-state index in [1.54, 1.807) is 16.7 Å². The van der Waals surface area contributed by atoms with E-state index in [9.17, 15) is 14.7 Å². The topological polar surface area (TPSA) is 81.1 Å². The second-order valence-corrected chi connectivity index (χ2v) is 6.37. The maximum absolute atomic E-state index is 12.5. The summed E-state index contributed by atoms with van der Waals surface area (Å²) in [4.78, 5) is 27.0. The third-order valence-electron chi connectivity index (χ3n) is 4.58. The van der Waals surface area contributed by atoms with Crippen LogP contribution in [0.5, 0.6) is 0 Å². The summed E-state index contributed by atoms with van der Waals surface area (Å²) < 4.78 is 0. The molecular weight excluding hydrogens is 260 g/mol. The van der Waals surface area contributed by atoms with Crippen LogP contribution in [0.25, 0.3) is 0 Å². The number of hydrogen-bond donors (Lipinski definition) is 2. The van der Waals surface area contributed by atoms with Crippen molar-refractivity contribution in [2.75, 3.05) is 19.6 Å². The number of aliphatic carboxylic acids is 1. The molecule has 0 aromatic rings. The fraction of sp³-hybridized carbons (Fsp3) is 0.857. The van der Waals surface area contributed by atoms with Gasteiger partial charge in [-0.25, -0.2) is 4.79 Å². The zero-order valence-electron chi connectivity index (χ0n) is 12.2. The largest absolute Gasteiger partial charge is 0.481 e. The summed E-state index contributed by atoms with van der Waals surface area (Å²) >= 11 is 0. The molecule has 114 valence electrons. The number of carboxylic acids is 1. The first-order valence-corrected chi connectivity index (χ1v) is 7.31. The first-order valence-electron chi connectivity index (χ1n) is 7.31. The lowest BCUT2D eigenvalue weighted by Crippen LogP contribution is -2.54. The van der Waals surface area contributed by atoms with Crippen molar-refractivity contribution in [3.05, 3.63) is 0 Å². The fourth-order valence-electron chi connectivity index (χ4n) is 3.04. The molecule has 0 bridgehead atoms. The van der Waals surface area contributed by atoms with Crippen LogP contribution >= 0.6 is 0 Å². The second kappa shape index (κ2) is 5.60. The Morgan fingerprint density at radius 2 is 1.80 bits per heavy atom. The Balaban J connectivity index is 1.92. The summed E-state index contributed by atoms with van der Waals surface area (Å²) in [7, 11) is 0. The Kier molecular flexibility index (Phi) is 4.22. The number of likely N-dealkylation sites (tertiary alicyclic amines) is 2. The predicted octanol–water partition coefficient (Wildman–Crippen LogP) is 1.14. The number of piperidine rings is 2. The Morgan fingerprint density at radius 3 is 2.30 bits per heavy atom. The number of nitrogens with zero attached hydrogens (tertiary/aromatic N) is 2. The van der Waals surface area contributed by atoms with E-state index >= 15 is 0 Å². The average Bonchev–Trinajstić information content (AvgIpc) is 2.37. The molecule has 2 fully saturated rings. The Labute approximate surface area is 119 Å². The van der Waals surface area contributed by atoms with Gasteiger partial charge in [0.25, 0.3) is 0 Å². The summed E-state index contributed by atoms with van der Waals surface area (Å²) in [6.45, 7) is 5.35. The number of carbonyl (C=O) groups is 2. The van der Waals surface area contributed by atoms with Gasteiger partial charge < -0.3 is 20.0 Å². The van der Waals surface area contributed by atoms with Gasteiger partial charge in [0.1, 0.15) is 0 Å². The van der Waals surface area contributed by atoms with Crippen molar-refractivity contribution in [2.45, 2.75) is 51.2 Å². The van der Waals surface area contributed by atoms with Gasteiger partial charge in [0.2, 0.25) is 0 Å². The van der Waals surface area contributed by atoms with Crippen LogP contribution in [-0.2, 0) is 4.79 Å². The monoisotopic (exact) mass is 284 g/mol. The molecule has 2 saturated heterocycles. The van der Waals surface area contributed by atoms with Gasteiger partial charge in [-0.1, -0.05) is 0 Å². The van der Waals surface area contributed by atoms with E-state index < -0.39 is 11.6 Å². The molecule has 2 N–H and O–H groups in total. The second-order valence-electron chi connectivity index (χ2n) is 6.37. The molecule has 0 aliphatic carbocycles. The molecule has 2 aliphatic heterocycles. The van der Waals surface area contributed by atoms with Crippen LogP contribution in [0.4, 0.5) is 4.79 Å². The van der Waals surface area contributed by atoms with Crippen molar-refractivity contribution in [2.24, 2.45) is 5.92 Å². The SMILES string of the molecule is CC1CC(C(=O)O)CCN1C(=O)N1CCC(C)(O)CC1. The van der Waals surface area contributed by atoms with Crippen LogP contribution in [0.3, 0.4) is 0 Å². The van der Waals surface area contributed by atoms with Gasteiger partial charge in [-0.3, -0.25) is 4.79 Å². The van der Waals surface area contributed by atoms with Crippen LogP contribution in [0, 0.1) is 5.92 Å². The van der Waals surface area contributed by atoms with Crippen LogP contribution in [0.1, 0.15) is 39.5 Å². The zero-order chi connectivity index (χ0) is 14.9. The molecule has 0 aromatic carbocycles. The van der Waals surface area contributed by atoms with Gasteiger partial charge in [0.05, 0.1) is 11.5 Å². The average molecular weight is 284 g/mol. The number of rotatable bonds is 1. The van der Waals surface area contributed by atoms with Crippen molar-refractivity contribution < 1.29 is 19.8 Å². The molecule has 6 heteroatoms. The van der Waals surface area contributed by atoms with Crippen molar-refractivity contribution in [1.29, 1.82) is 0 Å². The maximum Gasteiger partial charge on any atom is 0.320 e. The van der Waals surface area contributed by atoms with Gasteiger partial charge in [-0.2, -0.15) is 0 Å². The lowest BCUT2D eigenvalue weighted by Gasteiger charge is -2.42. The molecule has 6 nitrogen and oxygen atoms in total.